The maximum atomic E-state index is 13.5. The summed E-state index contributed by atoms with van der Waals surface area (Å²) in [7, 11) is 0. The van der Waals surface area contributed by atoms with Gasteiger partial charge in [0.25, 0.3) is 0 Å². The zero-order valence-corrected chi connectivity index (χ0v) is 21.8. The minimum Gasteiger partial charge on any atom is -0.383 e. The lowest BCUT2D eigenvalue weighted by Crippen LogP contribution is -2.45. The average Bonchev–Trinajstić information content (AvgIpc) is 3.36. The molecule has 0 saturated carbocycles. The summed E-state index contributed by atoms with van der Waals surface area (Å²) in [6.07, 6.45) is 0.173. The van der Waals surface area contributed by atoms with Crippen LogP contribution >= 0.6 is 0 Å². The number of piperidine rings is 1. The Kier molecular flexibility index (Phi) is 6.79. The fraction of sp³-hybridized carbons (Fsp3) is 0.500. The lowest BCUT2D eigenvalue weighted by molar-refractivity contribution is -0.138. The fourth-order valence-corrected chi connectivity index (χ4v) is 5.68. The number of amides is 1. The molecule has 2 aliphatic rings. The Morgan fingerprint density at radius 3 is 2.66 bits per heavy atom. The first-order chi connectivity index (χ1) is 18.0. The normalized spacial score (nSPS) is 18.6. The van der Waals surface area contributed by atoms with E-state index in [1.54, 1.807) is 24.1 Å². The van der Waals surface area contributed by atoms with E-state index < -0.39 is 23.4 Å². The number of nitrogens with zero attached hydrogens (tertiary/aromatic N) is 5. The van der Waals surface area contributed by atoms with Crippen LogP contribution in [0.25, 0.3) is 10.9 Å². The number of fused-ring (bicyclic) bond motifs is 3. The molecule has 0 radical (unpaired) electrons. The van der Waals surface area contributed by atoms with E-state index in [1.165, 1.54) is 13.0 Å². The molecule has 5 rings (SSSR count). The van der Waals surface area contributed by atoms with Gasteiger partial charge in [0.2, 0.25) is 5.91 Å². The molecular weight excluding hydrogens is 495 g/mol. The molecule has 3 aromatic rings. The number of carbonyl (C=O) groups is 1. The van der Waals surface area contributed by atoms with Crippen LogP contribution < -0.4 is 5.49 Å². The summed E-state index contributed by atoms with van der Waals surface area (Å²) in [6, 6.07) is 5.41. The van der Waals surface area contributed by atoms with E-state index in [0.717, 1.165) is 36.8 Å². The number of halogens is 3. The molecule has 0 unspecified atom stereocenters. The molecule has 10 heteroatoms. The SMILES string of the molecule is CCC(=O)N1CCC(O)(c2cc3/c(=N/[C@H](C)c4cccc(C(F)(F)F)c4C)nc4n(c3cn2)CCC4)CC1. The Balaban J connectivity index is 1.59. The predicted molar refractivity (Wildman–Crippen MR) is 136 cm³/mol. The van der Waals surface area contributed by atoms with Gasteiger partial charge in [-0.15, -0.1) is 0 Å². The highest BCUT2D eigenvalue weighted by Crippen LogP contribution is 2.36. The number of rotatable bonds is 4. The second-order valence-corrected chi connectivity index (χ2v) is 10.3. The van der Waals surface area contributed by atoms with E-state index in [4.69, 9.17) is 9.98 Å². The van der Waals surface area contributed by atoms with E-state index in [9.17, 15) is 23.1 Å². The van der Waals surface area contributed by atoms with Crippen LogP contribution in [0.3, 0.4) is 0 Å². The first kappa shape index (κ1) is 26.3. The molecule has 0 spiro atoms. The molecule has 38 heavy (non-hydrogen) atoms. The van der Waals surface area contributed by atoms with Crippen molar-refractivity contribution in [2.24, 2.45) is 4.99 Å². The minimum atomic E-state index is -4.44. The van der Waals surface area contributed by atoms with Crippen LogP contribution in [0.1, 0.15) is 73.8 Å². The van der Waals surface area contributed by atoms with Gasteiger partial charge in [0.05, 0.1) is 29.0 Å². The molecule has 7 nitrogen and oxygen atoms in total. The predicted octanol–water partition coefficient (Wildman–Crippen LogP) is 4.59. The molecule has 1 amide bonds. The van der Waals surface area contributed by atoms with Crippen molar-refractivity contribution in [2.75, 3.05) is 13.1 Å². The van der Waals surface area contributed by atoms with E-state index in [1.807, 2.05) is 13.0 Å². The fourth-order valence-electron chi connectivity index (χ4n) is 5.68. The highest BCUT2D eigenvalue weighted by molar-refractivity contribution is 5.78. The van der Waals surface area contributed by atoms with Crippen LogP contribution in [0.4, 0.5) is 13.2 Å². The molecule has 1 atom stereocenters. The molecule has 202 valence electrons. The number of aryl methyl sites for hydroxylation is 2. The summed E-state index contributed by atoms with van der Waals surface area (Å²) in [4.78, 5) is 28.1. The van der Waals surface area contributed by atoms with Crippen molar-refractivity contribution in [2.45, 2.75) is 77.2 Å². The Labute approximate surface area is 219 Å². The molecule has 4 heterocycles. The van der Waals surface area contributed by atoms with E-state index in [-0.39, 0.29) is 11.5 Å². The standard InChI is InChI=1S/C28H32F3N5O2/c1-4-25(37)35-13-10-27(38,11-14-35)23-15-20-22(16-32-23)36-12-6-9-24(36)34-26(20)33-18(3)19-7-5-8-21(17(19)2)28(29,30)31/h5,7-8,15-16,18,38H,4,6,9-14H2,1-3H3/b33-26-/t18-/m1/s1. The molecule has 0 bridgehead atoms. The van der Waals surface area contributed by atoms with Gasteiger partial charge in [0, 0.05) is 37.9 Å². The topological polar surface area (TPSA) is 83.6 Å². The van der Waals surface area contributed by atoms with Crippen LogP contribution in [-0.2, 0) is 29.5 Å². The molecule has 0 aliphatic carbocycles. The van der Waals surface area contributed by atoms with Gasteiger partial charge in [0.15, 0.2) is 5.49 Å². The van der Waals surface area contributed by atoms with E-state index in [2.05, 4.69) is 9.55 Å². The average molecular weight is 528 g/mol. The molecule has 2 aromatic heterocycles. The zero-order valence-electron chi connectivity index (χ0n) is 21.8. The highest BCUT2D eigenvalue weighted by atomic mass is 19.4. The van der Waals surface area contributed by atoms with E-state index >= 15 is 0 Å². The Bertz CT molecular complexity index is 1460. The summed E-state index contributed by atoms with van der Waals surface area (Å²) >= 11 is 0. The minimum absolute atomic E-state index is 0.0645. The van der Waals surface area contributed by atoms with Crippen LogP contribution in [0.5, 0.6) is 0 Å². The third-order valence-electron chi connectivity index (χ3n) is 7.91. The lowest BCUT2D eigenvalue weighted by atomic mass is 9.87. The Morgan fingerprint density at radius 1 is 1.24 bits per heavy atom. The monoisotopic (exact) mass is 527 g/mol. The van der Waals surface area contributed by atoms with Crippen molar-refractivity contribution in [1.82, 2.24) is 19.4 Å². The quantitative estimate of drug-likeness (QED) is 0.538. The number of carbonyl (C=O) groups excluding carboxylic acids is 1. The first-order valence-corrected chi connectivity index (χ1v) is 13.1. The second-order valence-electron chi connectivity index (χ2n) is 10.3. The largest absolute Gasteiger partial charge is 0.416 e. The number of aromatic nitrogens is 3. The van der Waals surface area contributed by atoms with Crippen molar-refractivity contribution >= 4 is 16.8 Å². The zero-order chi connectivity index (χ0) is 27.2. The lowest BCUT2D eigenvalue weighted by Gasteiger charge is -2.37. The Hall–Kier alpha value is -3.27. The van der Waals surface area contributed by atoms with Gasteiger partial charge in [-0.05, 0) is 56.4 Å². The summed E-state index contributed by atoms with van der Waals surface area (Å²) in [5.41, 5.74) is 0.552. The number of pyridine rings is 1. The summed E-state index contributed by atoms with van der Waals surface area (Å²) in [5, 5.41) is 12.2. The third-order valence-corrected chi connectivity index (χ3v) is 7.91. The third kappa shape index (κ3) is 4.70. The van der Waals surface area contributed by atoms with Crippen LogP contribution in [0, 0.1) is 6.92 Å². The Morgan fingerprint density at radius 2 is 1.97 bits per heavy atom. The van der Waals surface area contributed by atoms with Gasteiger partial charge < -0.3 is 14.6 Å². The van der Waals surface area contributed by atoms with Gasteiger partial charge in [-0.3, -0.25) is 14.8 Å². The number of benzene rings is 1. The summed E-state index contributed by atoms with van der Waals surface area (Å²) in [5.74, 6) is 0.929. The summed E-state index contributed by atoms with van der Waals surface area (Å²) < 4.78 is 42.7. The molecule has 1 N–H and O–H groups in total. The number of likely N-dealkylation sites (tertiary alicyclic amines) is 1. The second kappa shape index (κ2) is 9.80. The van der Waals surface area contributed by atoms with Gasteiger partial charge in [-0.2, -0.15) is 13.2 Å². The number of aliphatic hydroxyl groups is 1. The smallest absolute Gasteiger partial charge is 0.383 e. The number of hydrogen-bond acceptors (Lipinski definition) is 5. The van der Waals surface area contributed by atoms with Crippen molar-refractivity contribution in [3.63, 3.8) is 0 Å². The van der Waals surface area contributed by atoms with Crippen molar-refractivity contribution in [3.05, 3.63) is 64.2 Å². The maximum absolute atomic E-state index is 13.5. The summed E-state index contributed by atoms with van der Waals surface area (Å²) in [6.45, 7) is 6.76. The van der Waals surface area contributed by atoms with Gasteiger partial charge in [-0.25, -0.2) is 4.98 Å². The van der Waals surface area contributed by atoms with Gasteiger partial charge >= 0.3 is 6.18 Å². The molecular formula is C28H32F3N5O2. The molecule has 1 fully saturated rings. The van der Waals surface area contributed by atoms with Gasteiger partial charge in [0.1, 0.15) is 11.4 Å². The van der Waals surface area contributed by atoms with Crippen molar-refractivity contribution < 1.29 is 23.1 Å². The van der Waals surface area contributed by atoms with E-state index in [0.29, 0.717) is 54.5 Å². The molecule has 2 aliphatic heterocycles. The molecule has 1 aromatic carbocycles. The highest BCUT2D eigenvalue weighted by Gasteiger charge is 2.37. The number of hydrogen-bond donors (Lipinski definition) is 1. The van der Waals surface area contributed by atoms with Crippen LogP contribution in [-0.4, -0.2) is 43.5 Å². The molecule has 1 saturated heterocycles. The van der Waals surface area contributed by atoms with Gasteiger partial charge in [-0.1, -0.05) is 19.1 Å². The number of alkyl halides is 3. The maximum Gasteiger partial charge on any atom is 0.416 e. The van der Waals surface area contributed by atoms with Crippen LogP contribution in [0.15, 0.2) is 35.5 Å². The first-order valence-electron chi connectivity index (χ1n) is 13.1. The van der Waals surface area contributed by atoms with Crippen molar-refractivity contribution in [1.29, 1.82) is 0 Å². The van der Waals surface area contributed by atoms with Crippen molar-refractivity contribution in [3.8, 4) is 0 Å². The van der Waals surface area contributed by atoms with Crippen LogP contribution in [0.2, 0.25) is 0 Å².